The highest BCUT2D eigenvalue weighted by Gasteiger charge is 2.16. The molecule has 2 aromatic heterocycles. The maximum absolute atomic E-state index is 5.55. The van der Waals surface area contributed by atoms with E-state index in [0.29, 0.717) is 17.3 Å². The van der Waals surface area contributed by atoms with Crippen molar-refractivity contribution in [2.45, 2.75) is 24.8 Å². The second kappa shape index (κ2) is 8.89. The van der Waals surface area contributed by atoms with Crippen LogP contribution in [-0.2, 0) is 5.75 Å². The van der Waals surface area contributed by atoms with E-state index in [1.165, 1.54) is 5.56 Å². The van der Waals surface area contributed by atoms with Crippen LogP contribution in [0.5, 0.6) is 11.5 Å². The number of hydrogen-bond donors (Lipinski definition) is 0. The van der Waals surface area contributed by atoms with Gasteiger partial charge in [0.05, 0.1) is 31.2 Å². The molecule has 0 spiro atoms. The van der Waals surface area contributed by atoms with Gasteiger partial charge in [0.25, 0.3) is 0 Å². The predicted molar refractivity (Wildman–Crippen MR) is 121 cm³/mol. The van der Waals surface area contributed by atoms with Gasteiger partial charge < -0.3 is 9.47 Å². The molecule has 0 saturated heterocycles. The van der Waals surface area contributed by atoms with Crippen molar-refractivity contribution < 1.29 is 9.47 Å². The highest BCUT2D eigenvalue weighted by atomic mass is 32.2. The molecule has 4 aromatic rings. The standard InChI is InChI=1S/C22H22N4O2S2/c1-14-8-5-6-10-18(14)26-15(2)24-25-22(26)30-13-16-12-29-21(23-16)17-9-7-11-19(27-3)20(17)28-4/h5-12H,13H2,1-4H3. The molecule has 0 bridgehead atoms. The second-order valence-corrected chi connectivity index (χ2v) is 8.43. The topological polar surface area (TPSA) is 62.1 Å². The largest absolute Gasteiger partial charge is 0.493 e. The van der Waals surface area contributed by atoms with E-state index in [2.05, 4.69) is 39.2 Å². The van der Waals surface area contributed by atoms with E-state index < -0.39 is 0 Å². The molecular formula is C22H22N4O2S2. The van der Waals surface area contributed by atoms with Crippen LogP contribution in [0.3, 0.4) is 0 Å². The van der Waals surface area contributed by atoms with Crippen molar-refractivity contribution in [2.24, 2.45) is 0 Å². The molecule has 154 valence electrons. The molecule has 2 aromatic carbocycles. The molecule has 0 amide bonds. The van der Waals surface area contributed by atoms with Gasteiger partial charge in [-0.2, -0.15) is 0 Å². The Kier molecular flexibility index (Phi) is 6.06. The van der Waals surface area contributed by atoms with Gasteiger partial charge in [-0.25, -0.2) is 4.98 Å². The zero-order chi connectivity index (χ0) is 21.1. The second-order valence-electron chi connectivity index (χ2n) is 6.63. The summed E-state index contributed by atoms with van der Waals surface area (Å²) in [5.74, 6) is 2.96. The number of aryl methyl sites for hydroxylation is 2. The normalized spacial score (nSPS) is 10.9. The molecule has 0 unspecified atom stereocenters. The lowest BCUT2D eigenvalue weighted by Gasteiger charge is -2.11. The van der Waals surface area contributed by atoms with Gasteiger partial charge in [0.1, 0.15) is 10.8 Å². The fourth-order valence-electron chi connectivity index (χ4n) is 3.22. The van der Waals surface area contributed by atoms with Crippen LogP contribution in [0.4, 0.5) is 0 Å². The van der Waals surface area contributed by atoms with Crippen LogP contribution >= 0.6 is 23.1 Å². The summed E-state index contributed by atoms with van der Waals surface area (Å²) in [5, 5.41) is 12.5. The summed E-state index contributed by atoms with van der Waals surface area (Å²) in [7, 11) is 3.28. The van der Waals surface area contributed by atoms with Gasteiger partial charge in [-0.1, -0.05) is 36.0 Å². The van der Waals surface area contributed by atoms with E-state index in [4.69, 9.17) is 14.5 Å². The van der Waals surface area contributed by atoms with Crippen LogP contribution in [0.25, 0.3) is 16.3 Å². The SMILES string of the molecule is COc1cccc(-c2nc(CSc3nnc(C)n3-c3ccccc3C)cs2)c1OC. The van der Waals surface area contributed by atoms with E-state index in [1.807, 2.05) is 37.3 Å². The Hall–Kier alpha value is -2.84. The molecule has 2 heterocycles. The summed E-state index contributed by atoms with van der Waals surface area (Å²) in [6, 6.07) is 14.1. The first-order valence-electron chi connectivity index (χ1n) is 9.39. The van der Waals surface area contributed by atoms with Gasteiger partial charge in [0.15, 0.2) is 16.7 Å². The minimum atomic E-state index is 0.697. The Morgan fingerprint density at radius 1 is 1.00 bits per heavy atom. The van der Waals surface area contributed by atoms with Crippen LogP contribution in [0, 0.1) is 13.8 Å². The average Bonchev–Trinajstić information content (AvgIpc) is 3.38. The van der Waals surface area contributed by atoms with Crippen molar-refractivity contribution in [3.8, 4) is 27.8 Å². The summed E-state index contributed by atoms with van der Waals surface area (Å²) in [6.45, 7) is 4.07. The van der Waals surface area contributed by atoms with Crippen molar-refractivity contribution in [1.82, 2.24) is 19.7 Å². The third-order valence-corrected chi connectivity index (χ3v) is 6.57. The van der Waals surface area contributed by atoms with Crippen molar-refractivity contribution in [2.75, 3.05) is 14.2 Å². The van der Waals surface area contributed by atoms with Gasteiger partial charge in [-0.3, -0.25) is 4.57 Å². The molecule has 0 atom stereocenters. The van der Waals surface area contributed by atoms with Crippen molar-refractivity contribution in [1.29, 1.82) is 0 Å². The molecular weight excluding hydrogens is 416 g/mol. The number of ether oxygens (including phenoxy) is 2. The fourth-order valence-corrected chi connectivity index (χ4v) is 5.05. The van der Waals surface area contributed by atoms with Gasteiger partial charge in [0, 0.05) is 11.1 Å². The number of thioether (sulfide) groups is 1. The third-order valence-electron chi connectivity index (χ3n) is 4.69. The predicted octanol–water partition coefficient (Wildman–Crippen LogP) is 5.32. The third kappa shape index (κ3) is 3.93. The summed E-state index contributed by atoms with van der Waals surface area (Å²) in [4.78, 5) is 4.81. The van der Waals surface area contributed by atoms with Gasteiger partial charge in [-0.15, -0.1) is 21.5 Å². The molecule has 0 aliphatic rings. The zero-order valence-electron chi connectivity index (χ0n) is 17.2. The maximum atomic E-state index is 5.55. The summed E-state index contributed by atoms with van der Waals surface area (Å²) in [5.41, 5.74) is 4.20. The van der Waals surface area contributed by atoms with Gasteiger partial charge in [0.2, 0.25) is 0 Å². The maximum Gasteiger partial charge on any atom is 0.196 e. The van der Waals surface area contributed by atoms with Crippen molar-refractivity contribution in [3.05, 3.63) is 64.9 Å². The van der Waals surface area contributed by atoms with Crippen LogP contribution < -0.4 is 9.47 Å². The lowest BCUT2D eigenvalue weighted by Crippen LogP contribution is -2.01. The van der Waals surface area contributed by atoms with Crippen LogP contribution in [0.15, 0.2) is 53.0 Å². The van der Waals surface area contributed by atoms with Crippen molar-refractivity contribution >= 4 is 23.1 Å². The number of hydrogen-bond acceptors (Lipinski definition) is 7. The quantitative estimate of drug-likeness (QED) is 0.364. The molecule has 8 heteroatoms. The summed E-state index contributed by atoms with van der Waals surface area (Å²) in [6.07, 6.45) is 0. The molecule has 0 fully saturated rings. The average molecular weight is 439 g/mol. The summed E-state index contributed by atoms with van der Waals surface area (Å²) >= 11 is 3.22. The number of methoxy groups -OCH3 is 2. The molecule has 6 nitrogen and oxygen atoms in total. The van der Waals surface area contributed by atoms with E-state index in [-0.39, 0.29) is 0 Å². The Bertz CT molecular complexity index is 1170. The smallest absolute Gasteiger partial charge is 0.196 e. The monoisotopic (exact) mass is 438 g/mol. The highest BCUT2D eigenvalue weighted by Crippen LogP contribution is 2.39. The van der Waals surface area contributed by atoms with Crippen molar-refractivity contribution in [3.63, 3.8) is 0 Å². The summed E-state index contributed by atoms with van der Waals surface area (Å²) < 4.78 is 13.1. The number of aromatic nitrogens is 4. The molecule has 0 N–H and O–H groups in total. The first-order valence-corrected chi connectivity index (χ1v) is 11.3. The first-order chi connectivity index (χ1) is 14.6. The van der Waals surface area contributed by atoms with Gasteiger partial charge >= 0.3 is 0 Å². The molecule has 0 aliphatic heterocycles. The molecule has 30 heavy (non-hydrogen) atoms. The number of rotatable bonds is 7. The van der Waals surface area contributed by atoms with E-state index in [9.17, 15) is 0 Å². The van der Waals surface area contributed by atoms with Crippen LogP contribution in [0.2, 0.25) is 0 Å². The van der Waals surface area contributed by atoms with Gasteiger partial charge in [-0.05, 0) is 37.6 Å². The number of thiazole rings is 1. The fraction of sp³-hybridized carbons (Fsp3) is 0.227. The Balaban J connectivity index is 1.57. The molecule has 4 rings (SSSR count). The van der Waals surface area contributed by atoms with E-state index in [1.54, 1.807) is 37.3 Å². The minimum Gasteiger partial charge on any atom is -0.493 e. The number of nitrogens with zero attached hydrogens (tertiary/aromatic N) is 4. The Morgan fingerprint density at radius 3 is 2.60 bits per heavy atom. The Morgan fingerprint density at radius 2 is 1.83 bits per heavy atom. The van der Waals surface area contributed by atoms with Crippen LogP contribution in [0.1, 0.15) is 17.1 Å². The minimum absolute atomic E-state index is 0.697. The number of para-hydroxylation sites is 2. The molecule has 0 saturated carbocycles. The lowest BCUT2D eigenvalue weighted by atomic mass is 10.2. The van der Waals surface area contributed by atoms with Crippen LogP contribution in [-0.4, -0.2) is 34.0 Å². The zero-order valence-corrected chi connectivity index (χ0v) is 18.9. The molecule has 0 aliphatic carbocycles. The van der Waals surface area contributed by atoms with E-state index in [0.717, 1.165) is 32.9 Å². The number of benzene rings is 2. The lowest BCUT2D eigenvalue weighted by molar-refractivity contribution is 0.356. The van der Waals surface area contributed by atoms with E-state index >= 15 is 0 Å². The first kappa shape index (κ1) is 20.4. The Labute approximate surface area is 183 Å². The molecule has 0 radical (unpaired) electrons. The highest BCUT2D eigenvalue weighted by molar-refractivity contribution is 7.98.